The van der Waals surface area contributed by atoms with Crippen LogP contribution in [0.4, 0.5) is 0 Å². The molecule has 0 spiro atoms. The number of nitrogens with one attached hydrogen (secondary N) is 1. The average molecular weight is 326 g/mol. The molecule has 0 saturated carbocycles. The van der Waals surface area contributed by atoms with Gasteiger partial charge < -0.3 is 15.3 Å². The highest BCUT2D eigenvalue weighted by molar-refractivity contribution is 7.08. The molecular formula is C15H22N2O4S. The van der Waals surface area contributed by atoms with Crippen molar-refractivity contribution in [3.8, 4) is 0 Å². The summed E-state index contributed by atoms with van der Waals surface area (Å²) in [5.41, 5.74) is 0.626. The molecule has 0 aromatic carbocycles. The topological polar surface area (TPSA) is 86.7 Å². The summed E-state index contributed by atoms with van der Waals surface area (Å²) in [6, 6.07) is 1.71. The number of carbonyl (C=O) groups excluding carboxylic acids is 2. The second-order valence-electron chi connectivity index (χ2n) is 5.20. The number of nitrogens with zero attached hydrogens (tertiary/aromatic N) is 1. The lowest BCUT2D eigenvalue weighted by atomic mass is 10.2. The zero-order valence-corrected chi connectivity index (χ0v) is 13.7. The quantitative estimate of drug-likeness (QED) is 0.679. The van der Waals surface area contributed by atoms with Crippen LogP contribution in [0.1, 0.15) is 43.5 Å². The molecular weight excluding hydrogens is 304 g/mol. The van der Waals surface area contributed by atoms with Crippen molar-refractivity contribution in [2.75, 3.05) is 13.1 Å². The van der Waals surface area contributed by atoms with Crippen molar-refractivity contribution in [3.05, 3.63) is 22.4 Å². The number of carboxylic acids is 1. The fraction of sp³-hybridized carbons (Fsp3) is 0.533. The number of aliphatic carboxylic acids is 1. The summed E-state index contributed by atoms with van der Waals surface area (Å²) in [4.78, 5) is 36.0. The van der Waals surface area contributed by atoms with Gasteiger partial charge in [0.15, 0.2) is 0 Å². The molecule has 1 heterocycles. The van der Waals surface area contributed by atoms with E-state index in [1.807, 2.05) is 19.2 Å². The van der Waals surface area contributed by atoms with Gasteiger partial charge in [-0.1, -0.05) is 0 Å². The molecule has 22 heavy (non-hydrogen) atoms. The zero-order chi connectivity index (χ0) is 16.5. The maximum atomic E-state index is 12.1. The molecule has 0 fully saturated rings. The van der Waals surface area contributed by atoms with Gasteiger partial charge in [0.1, 0.15) is 0 Å². The van der Waals surface area contributed by atoms with E-state index in [4.69, 9.17) is 5.11 Å². The number of hydrogen-bond acceptors (Lipinski definition) is 4. The van der Waals surface area contributed by atoms with E-state index >= 15 is 0 Å². The van der Waals surface area contributed by atoms with Crippen LogP contribution in [0.15, 0.2) is 16.8 Å². The first-order valence-electron chi connectivity index (χ1n) is 7.23. The molecule has 0 aliphatic carbocycles. The highest BCUT2D eigenvalue weighted by Gasteiger charge is 2.17. The molecule has 0 aliphatic rings. The highest BCUT2D eigenvalue weighted by Crippen LogP contribution is 2.07. The molecule has 122 valence electrons. The third-order valence-corrected chi connectivity index (χ3v) is 3.83. The van der Waals surface area contributed by atoms with Crippen LogP contribution in [0.25, 0.3) is 0 Å². The molecule has 2 N–H and O–H groups in total. The summed E-state index contributed by atoms with van der Waals surface area (Å²) >= 11 is 1.46. The van der Waals surface area contributed by atoms with Gasteiger partial charge in [-0.2, -0.15) is 11.3 Å². The molecule has 0 unspecified atom stereocenters. The Morgan fingerprint density at radius 1 is 1.32 bits per heavy atom. The van der Waals surface area contributed by atoms with Crippen LogP contribution in [0.3, 0.4) is 0 Å². The summed E-state index contributed by atoms with van der Waals surface area (Å²) in [7, 11) is 0. The molecule has 0 saturated heterocycles. The minimum atomic E-state index is -0.915. The van der Waals surface area contributed by atoms with E-state index in [1.54, 1.807) is 16.3 Å². The van der Waals surface area contributed by atoms with Crippen LogP contribution < -0.4 is 5.32 Å². The third kappa shape index (κ3) is 6.26. The number of rotatable bonds is 9. The minimum Gasteiger partial charge on any atom is -0.481 e. The van der Waals surface area contributed by atoms with E-state index < -0.39 is 5.97 Å². The maximum Gasteiger partial charge on any atom is 0.305 e. The lowest BCUT2D eigenvalue weighted by Crippen LogP contribution is -2.38. The van der Waals surface area contributed by atoms with Crippen molar-refractivity contribution < 1.29 is 19.5 Å². The summed E-state index contributed by atoms with van der Waals surface area (Å²) in [5.74, 6) is -1.14. The molecule has 1 aromatic rings. The SMILES string of the molecule is CC(C)N(CCC(=O)O)C(=O)CCCNC(=O)c1ccsc1. The van der Waals surface area contributed by atoms with Crippen LogP contribution in [0, 0.1) is 0 Å². The molecule has 0 bridgehead atoms. The Kier molecular flexibility index (Phi) is 7.59. The summed E-state index contributed by atoms with van der Waals surface area (Å²) in [5, 5.41) is 15.1. The van der Waals surface area contributed by atoms with Crippen molar-refractivity contribution >= 4 is 29.1 Å². The Labute approximate surface area is 134 Å². The van der Waals surface area contributed by atoms with Crippen LogP contribution >= 0.6 is 11.3 Å². The fourth-order valence-electron chi connectivity index (χ4n) is 1.97. The lowest BCUT2D eigenvalue weighted by molar-refractivity contribution is -0.139. The van der Waals surface area contributed by atoms with Gasteiger partial charge in [-0.05, 0) is 31.7 Å². The normalized spacial score (nSPS) is 10.5. The number of carboxylic acid groups (broad SMARTS) is 1. The molecule has 0 aliphatic heterocycles. The molecule has 7 heteroatoms. The van der Waals surface area contributed by atoms with E-state index in [2.05, 4.69) is 5.32 Å². The first kappa shape index (κ1) is 18.2. The Morgan fingerprint density at radius 3 is 2.59 bits per heavy atom. The van der Waals surface area contributed by atoms with Crippen LogP contribution in [-0.2, 0) is 9.59 Å². The van der Waals surface area contributed by atoms with E-state index in [1.165, 1.54) is 11.3 Å². The number of amides is 2. The smallest absolute Gasteiger partial charge is 0.305 e. The first-order valence-corrected chi connectivity index (χ1v) is 8.17. The summed E-state index contributed by atoms with van der Waals surface area (Å²) in [6.45, 7) is 4.36. The zero-order valence-electron chi connectivity index (χ0n) is 12.9. The van der Waals surface area contributed by atoms with E-state index in [0.717, 1.165) is 0 Å². The van der Waals surface area contributed by atoms with E-state index in [0.29, 0.717) is 24.9 Å². The molecule has 1 rings (SSSR count). The van der Waals surface area contributed by atoms with Gasteiger partial charge in [0.05, 0.1) is 6.42 Å². The fourth-order valence-corrected chi connectivity index (χ4v) is 2.60. The highest BCUT2D eigenvalue weighted by atomic mass is 32.1. The Hall–Kier alpha value is -1.89. The Bertz CT molecular complexity index is 500. The van der Waals surface area contributed by atoms with Gasteiger partial charge >= 0.3 is 5.97 Å². The monoisotopic (exact) mass is 326 g/mol. The summed E-state index contributed by atoms with van der Waals surface area (Å²) in [6.07, 6.45) is 0.769. The molecule has 1 aromatic heterocycles. The van der Waals surface area contributed by atoms with E-state index in [-0.39, 0.29) is 30.8 Å². The van der Waals surface area contributed by atoms with Crippen molar-refractivity contribution in [1.82, 2.24) is 10.2 Å². The largest absolute Gasteiger partial charge is 0.481 e. The minimum absolute atomic E-state index is 0.0350. The molecule has 0 radical (unpaired) electrons. The number of hydrogen-bond donors (Lipinski definition) is 2. The van der Waals surface area contributed by atoms with E-state index in [9.17, 15) is 14.4 Å². The van der Waals surface area contributed by atoms with Gasteiger partial charge in [-0.25, -0.2) is 0 Å². The van der Waals surface area contributed by atoms with Crippen LogP contribution in [-0.4, -0.2) is 46.9 Å². The van der Waals surface area contributed by atoms with Crippen molar-refractivity contribution in [2.24, 2.45) is 0 Å². The lowest BCUT2D eigenvalue weighted by Gasteiger charge is -2.26. The maximum absolute atomic E-state index is 12.1. The average Bonchev–Trinajstić information content (AvgIpc) is 2.97. The van der Waals surface area contributed by atoms with Gasteiger partial charge in [-0.3, -0.25) is 14.4 Å². The van der Waals surface area contributed by atoms with Gasteiger partial charge in [-0.15, -0.1) is 0 Å². The predicted octanol–water partition coefficient (Wildman–Crippen LogP) is 1.97. The van der Waals surface area contributed by atoms with Gasteiger partial charge in [0.25, 0.3) is 5.91 Å². The van der Waals surface area contributed by atoms with Gasteiger partial charge in [0, 0.05) is 36.5 Å². The second kappa shape index (κ2) is 9.19. The van der Waals surface area contributed by atoms with Crippen molar-refractivity contribution in [1.29, 1.82) is 0 Å². The van der Waals surface area contributed by atoms with Crippen molar-refractivity contribution in [3.63, 3.8) is 0 Å². The number of carbonyl (C=O) groups is 3. The molecule has 2 amide bonds. The molecule has 0 atom stereocenters. The predicted molar refractivity (Wildman–Crippen MR) is 85.0 cm³/mol. The van der Waals surface area contributed by atoms with Crippen LogP contribution in [0.5, 0.6) is 0 Å². The number of thiophene rings is 1. The standard InChI is InChI=1S/C15H22N2O4S/c1-11(2)17(8-5-14(19)20)13(18)4-3-7-16-15(21)12-6-9-22-10-12/h6,9-11H,3-5,7-8H2,1-2H3,(H,16,21)(H,19,20). The first-order chi connectivity index (χ1) is 10.4. The summed E-state index contributed by atoms with van der Waals surface area (Å²) < 4.78 is 0. The Balaban J connectivity index is 2.31. The Morgan fingerprint density at radius 2 is 2.05 bits per heavy atom. The molecule has 6 nitrogen and oxygen atoms in total. The second-order valence-corrected chi connectivity index (χ2v) is 5.98. The van der Waals surface area contributed by atoms with Crippen molar-refractivity contribution in [2.45, 2.75) is 39.2 Å². The van der Waals surface area contributed by atoms with Gasteiger partial charge in [0.2, 0.25) is 5.91 Å². The third-order valence-electron chi connectivity index (χ3n) is 3.15. The van der Waals surface area contributed by atoms with Crippen LogP contribution in [0.2, 0.25) is 0 Å².